The average molecular weight is 265 g/mol. The molecule has 0 bridgehead atoms. The summed E-state index contributed by atoms with van der Waals surface area (Å²) in [4.78, 5) is 15.7. The fourth-order valence-electron chi connectivity index (χ4n) is 1.71. The summed E-state index contributed by atoms with van der Waals surface area (Å²) in [5, 5.41) is 0.226. The lowest BCUT2D eigenvalue weighted by atomic mass is 10.3. The topological polar surface area (TPSA) is 59.2 Å². The molecular weight excluding hydrogens is 255 g/mol. The van der Waals surface area contributed by atoms with Crippen molar-refractivity contribution < 1.29 is 18.0 Å². The molecule has 0 saturated carbocycles. The van der Waals surface area contributed by atoms with Gasteiger partial charge in [0, 0.05) is 13.1 Å². The molecule has 17 heavy (non-hydrogen) atoms. The van der Waals surface area contributed by atoms with Gasteiger partial charge in [-0.25, -0.2) is 4.98 Å². The van der Waals surface area contributed by atoms with Crippen molar-refractivity contribution in [3.63, 3.8) is 0 Å². The van der Waals surface area contributed by atoms with Gasteiger partial charge in [0.15, 0.2) is 10.8 Å². The van der Waals surface area contributed by atoms with E-state index >= 15 is 0 Å². The monoisotopic (exact) mass is 265 g/mol. The van der Waals surface area contributed by atoms with Crippen LogP contribution in [0.2, 0.25) is 0 Å². The zero-order chi connectivity index (χ0) is 12.6. The molecule has 2 rings (SSSR count). The van der Waals surface area contributed by atoms with E-state index in [1.165, 1.54) is 0 Å². The van der Waals surface area contributed by atoms with Gasteiger partial charge in [-0.05, 0) is 12.8 Å². The number of hydrogen-bond acceptors (Lipinski definition) is 4. The van der Waals surface area contributed by atoms with Gasteiger partial charge in [-0.15, -0.1) is 0 Å². The fourth-order valence-corrected chi connectivity index (χ4v) is 2.70. The van der Waals surface area contributed by atoms with Gasteiger partial charge < -0.3 is 10.6 Å². The molecule has 1 aliphatic heterocycles. The van der Waals surface area contributed by atoms with E-state index in [9.17, 15) is 18.0 Å². The van der Waals surface area contributed by atoms with E-state index in [4.69, 9.17) is 5.73 Å². The van der Waals surface area contributed by atoms with Gasteiger partial charge in [-0.3, -0.25) is 4.79 Å². The van der Waals surface area contributed by atoms with E-state index in [0.29, 0.717) is 24.4 Å². The summed E-state index contributed by atoms with van der Waals surface area (Å²) in [7, 11) is 0. The van der Waals surface area contributed by atoms with Crippen molar-refractivity contribution in [2.24, 2.45) is 5.73 Å². The van der Waals surface area contributed by atoms with Crippen molar-refractivity contribution in [2.45, 2.75) is 19.0 Å². The third-order valence-corrected chi connectivity index (χ3v) is 3.62. The maximum absolute atomic E-state index is 12.6. The number of nitrogens with zero attached hydrogens (tertiary/aromatic N) is 2. The predicted molar refractivity (Wildman–Crippen MR) is 57.1 cm³/mol. The number of thiazole rings is 1. The quantitative estimate of drug-likeness (QED) is 0.888. The summed E-state index contributed by atoms with van der Waals surface area (Å²) in [5.41, 5.74) is 3.77. The summed E-state index contributed by atoms with van der Waals surface area (Å²) < 4.78 is 37.9. The van der Waals surface area contributed by atoms with E-state index in [1.54, 1.807) is 4.90 Å². The number of amides is 1. The standard InChI is InChI=1S/C9H10F3N3OS/c10-9(11,12)6-5(7(13)16)17-8(14-6)15-3-1-2-4-15/h1-4H2,(H2,13,16). The molecule has 0 aromatic carbocycles. The molecule has 94 valence electrons. The Kier molecular flexibility index (Phi) is 2.98. The summed E-state index contributed by atoms with van der Waals surface area (Å²) in [6.07, 6.45) is -2.79. The Morgan fingerprint density at radius 1 is 1.35 bits per heavy atom. The minimum Gasteiger partial charge on any atom is -0.365 e. The lowest BCUT2D eigenvalue weighted by Crippen LogP contribution is -2.18. The van der Waals surface area contributed by atoms with Crippen LogP contribution < -0.4 is 10.6 Å². The maximum atomic E-state index is 12.6. The van der Waals surface area contributed by atoms with Crippen molar-refractivity contribution in [3.05, 3.63) is 10.6 Å². The first-order chi connectivity index (χ1) is 7.89. The predicted octanol–water partition coefficient (Wildman–Crippen LogP) is 1.86. The van der Waals surface area contributed by atoms with Gasteiger partial charge in [-0.2, -0.15) is 13.2 Å². The normalized spacial score (nSPS) is 16.5. The number of rotatable bonds is 2. The van der Waals surface area contributed by atoms with E-state index in [1.807, 2.05) is 0 Å². The summed E-state index contributed by atoms with van der Waals surface area (Å²) in [6, 6.07) is 0. The van der Waals surface area contributed by atoms with E-state index in [2.05, 4.69) is 4.98 Å². The van der Waals surface area contributed by atoms with Gasteiger partial charge in [0.05, 0.1) is 0 Å². The molecule has 0 aliphatic carbocycles. The highest BCUT2D eigenvalue weighted by atomic mass is 32.1. The van der Waals surface area contributed by atoms with Crippen LogP contribution in [-0.4, -0.2) is 24.0 Å². The second-order valence-electron chi connectivity index (χ2n) is 3.73. The molecule has 0 radical (unpaired) electrons. The second kappa shape index (κ2) is 4.17. The Bertz CT molecular complexity index is 437. The molecule has 0 atom stereocenters. The molecule has 0 unspecified atom stereocenters. The molecular formula is C9H10F3N3OS. The molecule has 0 spiro atoms. The number of carbonyl (C=O) groups excluding carboxylic acids is 1. The lowest BCUT2D eigenvalue weighted by Gasteiger charge is -2.12. The van der Waals surface area contributed by atoms with Gasteiger partial charge in [-0.1, -0.05) is 11.3 Å². The summed E-state index contributed by atoms with van der Waals surface area (Å²) in [5.74, 6) is -1.08. The Morgan fingerprint density at radius 2 is 1.94 bits per heavy atom. The molecule has 1 aromatic rings. The van der Waals surface area contributed by atoms with Crippen molar-refractivity contribution in [3.8, 4) is 0 Å². The lowest BCUT2D eigenvalue weighted by molar-refractivity contribution is -0.141. The van der Waals surface area contributed by atoms with Gasteiger partial charge in [0.1, 0.15) is 4.88 Å². The maximum Gasteiger partial charge on any atom is 0.435 e. The summed E-state index contributed by atoms with van der Waals surface area (Å²) in [6.45, 7) is 1.34. The van der Waals surface area contributed by atoms with Gasteiger partial charge in [0.2, 0.25) is 0 Å². The molecule has 1 aromatic heterocycles. The molecule has 1 amide bonds. The highest BCUT2D eigenvalue weighted by Crippen LogP contribution is 2.37. The van der Waals surface area contributed by atoms with Crippen LogP contribution in [0.5, 0.6) is 0 Å². The highest BCUT2D eigenvalue weighted by molar-refractivity contribution is 7.17. The number of halogens is 3. The molecule has 8 heteroatoms. The Hall–Kier alpha value is -1.31. The van der Waals surface area contributed by atoms with Gasteiger partial charge >= 0.3 is 6.18 Å². The highest BCUT2D eigenvalue weighted by Gasteiger charge is 2.39. The van der Waals surface area contributed by atoms with E-state index in [0.717, 1.165) is 12.8 Å². The number of aromatic nitrogens is 1. The van der Waals surface area contributed by atoms with Crippen molar-refractivity contribution in [1.29, 1.82) is 0 Å². The Morgan fingerprint density at radius 3 is 2.35 bits per heavy atom. The van der Waals surface area contributed by atoms with Crippen LogP contribution in [0.25, 0.3) is 0 Å². The van der Waals surface area contributed by atoms with Crippen molar-refractivity contribution in [2.75, 3.05) is 18.0 Å². The van der Waals surface area contributed by atoms with Gasteiger partial charge in [0.25, 0.3) is 5.91 Å². The Balaban J connectivity index is 2.40. The molecule has 2 heterocycles. The molecule has 2 N–H and O–H groups in total. The third kappa shape index (κ3) is 2.36. The van der Waals surface area contributed by atoms with Crippen LogP contribution >= 0.6 is 11.3 Å². The van der Waals surface area contributed by atoms with Crippen molar-refractivity contribution in [1.82, 2.24) is 4.98 Å². The minimum absolute atomic E-state index is 0.226. The van der Waals surface area contributed by atoms with Crippen LogP contribution in [-0.2, 0) is 6.18 Å². The number of hydrogen-bond donors (Lipinski definition) is 1. The van der Waals surface area contributed by atoms with Crippen LogP contribution in [0.1, 0.15) is 28.2 Å². The first-order valence-electron chi connectivity index (χ1n) is 5.02. The van der Waals surface area contributed by atoms with Crippen LogP contribution in [0.3, 0.4) is 0 Å². The number of carbonyl (C=O) groups is 1. The largest absolute Gasteiger partial charge is 0.435 e. The number of primary amides is 1. The summed E-state index contributed by atoms with van der Waals surface area (Å²) >= 11 is 0.712. The first kappa shape index (κ1) is 12.2. The van der Waals surface area contributed by atoms with E-state index < -0.39 is 22.7 Å². The number of anilines is 1. The second-order valence-corrected chi connectivity index (χ2v) is 4.71. The Labute approximate surface area is 99.2 Å². The SMILES string of the molecule is NC(=O)c1sc(N2CCCC2)nc1C(F)(F)F. The average Bonchev–Trinajstić information content (AvgIpc) is 2.85. The number of alkyl halides is 3. The van der Waals surface area contributed by atoms with Crippen LogP contribution in [0, 0.1) is 0 Å². The molecule has 4 nitrogen and oxygen atoms in total. The van der Waals surface area contributed by atoms with Crippen LogP contribution in [0.4, 0.5) is 18.3 Å². The molecule has 1 saturated heterocycles. The fraction of sp³-hybridized carbons (Fsp3) is 0.556. The van der Waals surface area contributed by atoms with Crippen LogP contribution in [0.15, 0.2) is 0 Å². The van der Waals surface area contributed by atoms with Crippen molar-refractivity contribution >= 4 is 22.4 Å². The zero-order valence-corrected chi connectivity index (χ0v) is 9.57. The molecule has 1 aliphatic rings. The smallest absolute Gasteiger partial charge is 0.365 e. The minimum atomic E-state index is -4.64. The first-order valence-corrected chi connectivity index (χ1v) is 5.84. The zero-order valence-electron chi connectivity index (χ0n) is 8.75. The third-order valence-electron chi connectivity index (χ3n) is 2.48. The molecule has 1 fully saturated rings. The number of nitrogens with two attached hydrogens (primary N) is 1. The van der Waals surface area contributed by atoms with E-state index in [-0.39, 0.29) is 5.13 Å².